The third kappa shape index (κ3) is 4.28. The first-order valence-electron chi connectivity index (χ1n) is 9.80. The maximum Gasteiger partial charge on any atom is 0.460 e. The van der Waals surface area contributed by atoms with Gasteiger partial charge >= 0.3 is 35.8 Å². The molecule has 0 aromatic heterocycles. The van der Waals surface area contributed by atoms with Crippen molar-refractivity contribution in [3.63, 3.8) is 0 Å². The largest absolute Gasteiger partial charge is 0.460 e. The first-order chi connectivity index (χ1) is 14.8. The van der Waals surface area contributed by atoms with E-state index in [2.05, 4.69) is 0 Å². The van der Waals surface area contributed by atoms with E-state index < -0.39 is 60.5 Å². The maximum absolute atomic E-state index is 14.3. The van der Waals surface area contributed by atoms with E-state index in [0.29, 0.717) is 12.0 Å². The van der Waals surface area contributed by atoms with Crippen molar-refractivity contribution in [1.82, 2.24) is 0 Å². The van der Waals surface area contributed by atoms with Gasteiger partial charge in [0.1, 0.15) is 0 Å². The standard InChI is InChI=1S/C20H19F13/c1-2-11-3-5-12(6-4-11)13-7-9-14(10-8-13)15(21,22)16(23,24)17(25,26)18(27,28)19(29,30)20(31,32)33/h3-6,13-14H,2,7-10H2,1H3. The number of rotatable bonds is 7. The third-order valence-corrected chi connectivity index (χ3v) is 6.06. The molecule has 33 heavy (non-hydrogen) atoms. The maximum atomic E-state index is 14.3. The zero-order valence-electron chi connectivity index (χ0n) is 16.9. The quantitative estimate of drug-likeness (QED) is 0.327. The van der Waals surface area contributed by atoms with Crippen LogP contribution in [0.3, 0.4) is 0 Å². The molecule has 13 heteroatoms. The molecule has 0 atom stereocenters. The van der Waals surface area contributed by atoms with Crippen LogP contribution in [0.25, 0.3) is 0 Å². The Morgan fingerprint density at radius 3 is 1.42 bits per heavy atom. The van der Waals surface area contributed by atoms with Crippen LogP contribution in [0, 0.1) is 5.92 Å². The molecule has 1 aliphatic carbocycles. The molecule has 0 heterocycles. The van der Waals surface area contributed by atoms with Crippen molar-refractivity contribution in [2.24, 2.45) is 5.92 Å². The summed E-state index contributed by atoms with van der Waals surface area (Å²) in [6.07, 6.45) is -8.89. The van der Waals surface area contributed by atoms with Crippen molar-refractivity contribution in [3.8, 4) is 0 Å². The van der Waals surface area contributed by atoms with Gasteiger partial charge in [0, 0.05) is 5.92 Å². The summed E-state index contributed by atoms with van der Waals surface area (Å²) in [4.78, 5) is 0. The summed E-state index contributed by atoms with van der Waals surface area (Å²) in [7, 11) is 0. The van der Waals surface area contributed by atoms with Crippen molar-refractivity contribution < 1.29 is 57.1 Å². The lowest BCUT2D eigenvalue weighted by molar-refractivity contribution is -0.443. The normalized spacial score (nSPS) is 21.9. The van der Waals surface area contributed by atoms with E-state index in [9.17, 15) is 57.1 Å². The van der Waals surface area contributed by atoms with E-state index >= 15 is 0 Å². The second-order valence-electron chi connectivity index (χ2n) is 8.06. The molecule has 1 fully saturated rings. The highest BCUT2D eigenvalue weighted by Gasteiger charge is 2.91. The molecule has 0 N–H and O–H groups in total. The summed E-state index contributed by atoms with van der Waals surface area (Å²) in [5.41, 5.74) is 1.58. The number of hydrogen-bond donors (Lipinski definition) is 0. The molecule has 0 amide bonds. The van der Waals surface area contributed by atoms with Gasteiger partial charge in [-0.05, 0) is 49.1 Å². The molecule has 1 aliphatic rings. The fourth-order valence-electron chi connectivity index (χ4n) is 3.85. The lowest BCUT2D eigenvalue weighted by Gasteiger charge is -2.43. The molecular weight excluding hydrogens is 487 g/mol. The fourth-order valence-corrected chi connectivity index (χ4v) is 3.85. The number of benzene rings is 1. The average Bonchev–Trinajstić information content (AvgIpc) is 2.72. The van der Waals surface area contributed by atoms with Gasteiger partial charge in [-0.2, -0.15) is 57.1 Å². The van der Waals surface area contributed by atoms with Gasteiger partial charge in [-0.25, -0.2) is 0 Å². The molecule has 2 rings (SSSR count). The number of hydrogen-bond acceptors (Lipinski definition) is 0. The summed E-state index contributed by atoms with van der Waals surface area (Å²) < 4.78 is 173. The van der Waals surface area contributed by atoms with Gasteiger partial charge < -0.3 is 0 Å². The summed E-state index contributed by atoms with van der Waals surface area (Å²) in [5, 5.41) is 0. The van der Waals surface area contributed by atoms with E-state index in [1.165, 1.54) is 0 Å². The van der Waals surface area contributed by atoms with Crippen molar-refractivity contribution in [2.45, 2.75) is 80.7 Å². The monoisotopic (exact) mass is 506 g/mol. The Labute approximate surface area is 180 Å². The lowest BCUT2D eigenvalue weighted by atomic mass is 9.74. The minimum absolute atomic E-state index is 0.234. The van der Waals surface area contributed by atoms with Crippen LogP contribution in [0.1, 0.15) is 49.7 Å². The summed E-state index contributed by atoms with van der Waals surface area (Å²) in [6.45, 7) is 1.87. The van der Waals surface area contributed by atoms with Gasteiger partial charge in [-0.3, -0.25) is 0 Å². The molecule has 0 radical (unpaired) electrons. The molecule has 0 aliphatic heterocycles. The van der Waals surface area contributed by atoms with Gasteiger partial charge in [0.05, 0.1) is 0 Å². The highest BCUT2D eigenvalue weighted by molar-refractivity contribution is 5.26. The highest BCUT2D eigenvalue weighted by Crippen LogP contribution is 2.62. The zero-order valence-corrected chi connectivity index (χ0v) is 16.9. The van der Waals surface area contributed by atoms with Crippen LogP contribution in [-0.2, 0) is 6.42 Å². The van der Waals surface area contributed by atoms with E-state index in [1.54, 1.807) is 24.3 Å². The number of halogens is 13. The van der Waals surface area contributed by atoms with E-state index in [-0.39, 0.29) is 12.8 Å². The Morgan fingerprint density at radius 2 is 1.03 bits per heavy atom. The second-order valence-corrected chi connectivity index (χ2v) is 8.06. The Balaban J connectivity index is 2.27. The van der Waals surface area contributed by atoms with Crippen molar-refractivity contribution in [2.75, 3.05) is 0 Å². The Hall–Kier alpha value is -1.69. The van der Waals surface area contributed by atoms with Crippen LogP contribution in [-0.4, -0.2) is 35.8 Å². The van der Waals surface area contributed by atoms with Gasteiger partial charge in [-0.15, -0.1) is 0 Å². The van der Waals surface area contributed by atoms with Crippen LogP contribution in [0.5, 0.6) is 0 Å². The summed E-state index contributed by atoms with van der Waals surface area (Å²) >= 11 is 0. The smallest absolute Gasteiger partial charge is 0.199 e. The van der Waals surface area contributed by atoms with Crippen molar-refractivity contribution in [1.29, 1.82) is 0 Å². The summed E-state index contributed by atoms with van der Waals surface area (Å²) in [5.74, 6) is -39.5. The van der Waals surface area contributed by atoms with Crippen LogP contribution < -0.4 is 0 Å². The molecule has 1 aromatic carbocycles. The molecule has 1 saturated carbocycles. The Morgan fingerprint density at radius 1 is 0.606 bits per heavy atom. The average molecular weight is 506 g/mol. The SMILES string of the molecule is CCc1ccc(C2CCC(C(F)(F)C(F)(F)C(F)(F)C(F)(F)C(F)(F)C(F)(F)F)CC2)cc1. The first kappa shape index (κ1) is 27.6. The van der Waals surface area contributed by atoms with Gasteiger partial charge in [0.25, 0.3) is 0 Å². The number of alkyl halides is 13. The summed E-state index contributed by atoms with van der Waals surface area (Å²) in [6, 6.07) is 6.77. The fraction of sp³-hybridized carbons (Fsp3) is 0.700. The molecule has 0 saturated heterocycles. The molecule has 1 aromatic rings. The second kappa shape index (κ2) is 8.51. The van der Waals surface area contributed by atoms with Crippen molar-refractivity contribution >= 4 is 0 Å². The number of aryl methyl sites for hydroxylation is 1. The van der Waals surface area contributed by atoms with Gasteiger partial charge in [0.15, 0.2) is 0 Å². The van der Waals surface area contributed by atoms with Crippen molar-refractivity contribution in [3.05, 3.63) is 35.4 Å². The molecule has 0 spiro atoms. The lowest BCUT2D eigenvalue weighted by Crippen LogP contribution is -2.71. The Kier molecular flexibility index (Phi) is 7.11. The molecule has 0 unspecified atom stereocenters. The first-order valence-corrected chi connectivity index (χ1v) is 9.80. The molecule has 0 bridgehead atoms. The minimum atomic E-state index is -7.84. The third-order valence-electron chi connectivity index (χ3n) is 6.06. The molecular formula is C20H19F13. The van der Waals surface area contributed by atoms with E-state index in [0.717, 1.165) is 5.56 Å². The highest BCUT2D eigenvalue weighted by atomic mass is 19.4. The Bertz CT molecular complexity index is 800. The van der Waals surface area contributed by atoms with Crippen LogP contribution in [0.4, 0.5) is 57.1 Å². The van der Waals surface area contributed by atoms with Crippen LogP contribution in [0.2, 0.25) is 0 Å². The predicted molar refractivity (Wildman–Crippen MR) is 91.3 cm³/mol. The topological polar surface area (TPSA) is 0 Å². The minimum Gasteiger partial charge on any atom is -0.199 e. The van der Waals surface area contributed by atoms with Gasteiger partial charge in [-0.1, -0.05) is 31.2 Å². The van der Waals surface area contributed by atoms with E-state index in [4.69, 9.17) is 0 Å². The van der Waals surface area contributed by atoms with Gasteiger partial charge in [0.2, 0.25) is 0 Å². The zero-order chi connectivity index (χ0) is 25.7. The van der Waals surface area contributed by atoms with Crippen LogP contribution in [0.15, 0.2) is 24.3 Å². The predicted octanol–water partition coefficient (Wildman–Crippen LogP) is 8.26. The molecule has 0 nitrogen and oxygen atoms in total. The molecule has 190 valence electrons. The van der Waals surface area contributed by atoms with E-state index in [1.807, 2.05) is 6.92 Å². The van der Waals surface area contributed by atoms with Crippen LogP contribution >= 0.6 is 0 Å².